The fourth-order valence-corrected chi connectivity index (χ4v) is 2.51. The smallest absolute Gasteiger partial charge is 0.329 e. The largest absolute Gasteiger partial charge is 0.458 e. The maximum atomic E-state index is 12.3. The van der Waals surface area contributed by atoms with Crippen LogP contribution >= 0.6 is 11.3 Å². The quantitative estimate of drug-likeness (QED) is 0.821. The second-order valence-electron chi connectivity index (χ2n) is 6.27. The number of carbonyl (C=O) groups excluding carboxylic acids is 2. The molecule has 21 heavy (non-hydrogen) atoms. The Balaban J connectivity index is 2.69. The molecular formula is C16H25NO3S. The molecule has 0 unspecified atom stereocenters. The van der Waals surface area contributed by atoms with E-state index >= 15 is 0 Å². The van der Waals surface area contributed by atoms with Crippen molar-refractivity contribution >= 4 is 23.2 Å². The van der Waals surface area contributed by atoms with Gasteiger partial charge in [0.15, 0.2) is 0 Å². The van der Waals surface area contributed by atoms with Crippen molar-refractivity contribution in [1.82, 2.24) is 5.32 Å². The average Bonchev–Trinajstić information content (AvgIpc) is 2.85. The van der Waals surface area contributed by atoms with E-state index in [-0.39, 0.29) is 17.8 Å². The fourth-order valence-electron chi connectivity index (χ4n) is 1.84. The molecule has 0 aromatic carbocycles. The summed E-state index contributed by atoms with van der Waals surface area (Å²) >= 11 is 1.55. The van der Waals surface area contributed by atoms with E-state index in [1.165, 1.54) is 0 Å². The highest BCUT2D eigenvalue weighted by Gasteiger charge is 2.30. The zero-order valence-electron chi connectivity index (χ0n) is 13.4. The van der Waals surface area contributed by atoms with Gasteiger partial charge in [-0.25, -0.2) is 4.79 Å². The maximum absolute atomic E-state index is 12.3. The van der Waals surface area contributed by atoms with Crippen molar-refractivity contribution < 1.29 is 14.3 Å². The Bertz CT molecular complexity index is 462. The van der Waals surface area contributed by atoms with E-state index in [1.54, 1.807) is 11.3 Å². The van der Waals surface area contributed by atoms with E-state index in [2.05, 4.69) is 5.32 Å². The number of hydrogen-bond donors (Lipinski definition) is 1. The summed E-state index contributed by atoms with van der Waals surface area (Å²) in [4.78, 5) is 24.4. The predicted octanol–water partition coefficient (Wildman–Crippen LogP) is 3.16. The number of ether oxygens (including phenoxy) is 1. The van der Waals surface area contributed by atoms with Crippen molar-refractivity contribution in [1.29, 1.82) is 0 Å². The summed E-state index contributed by atoms with van der Waals surface area (Å²) in [7, 11) is 0. The maximum Gasteiger partial charge on any atom is 0.329 e. The Hall–Kier alpha value is -1.36. The minimum absolute atomic E-state index is 0.0336. The van der Waals surface area contributed by atoms with Crippen molar-refractivity contribution in [2.24, 2.45) is 5.92 Å². The second kappa shape index (κ2) is 7.59. The Kier molecular flexibility index (Phi) is 6.40. The molecule has 0 aliphatic rings. The first-order valence-electron chi connectivity index (χ1n) is 7.26. The Morgan fingerprint density at radius 1 is 1.38 bits per heavy atom. The monoisotopic (exact) mass is 311 g/mol. The molecule has 0 saturated heterocycles. The topological polar surface area (TPSA) is 55.4 Å². The zero-order valence-corrected chi connectivity index (χ0v) is 14.3. The van der Waals surface area contributed by atoms with E-state index in [1.807, 2.05) is 51.4 Å². The number of carbonyl (C=O) groups is 2. The fraction of sp³-hybridized carbons (Fsp3) is 0.625. The van der Waals surface area contributed by atoms with Crippen LogP contribution in [0, 0.1) is 5.92 Å². The lowest BCUT2D eigenvalue weighted by molar-refractivity contribution is -0.160. The van der Waals surface area contributed by atoms with Gasteiger partial charge in [0.25, 0.3) is 0 Å². The Labute approximate surface area is 130 Å². The summed E-state index contributed by atoms with van der Waals surface area (Å²) in [5.74, 6) is -0.480. The minimum atomic E-state index is -0.597. The van der Waals surface area contributed by atoms with Crippen LogP contribution in [-0.4, -0.2) is 23.5 Å². The van der Waals surface area contributed by atoms with Gasteiger partial charge in [-0.2, -0.15) is 11.3 Å². The van der Waals surface area contributed by atoms with Crippen LogP contribution in [0.1, 0.15) is 46.6 Å². The summed E-state index contributed by atoms with van der Waals surface area (Å²) in [6, 6.07) is 1.32. The van der Waals surface area contributed by atoms with Crippen LogP contribution in [0.2, 0.25) is 0 Å². The second-order valence-corrected chi connectivity index (χ2v) is 7.05. The first-order chi connectivity index (χ1) is 9.73. The first kappa shape index (κ1) is 17.7. The molecule has 0 saturated carbocycles. The van der Waals surface area contributed by atoms with Gasteiger partial charge in [-0.1, -0.05) is 20.3 Å². The molecule has 0 aliphatic heterocycles. The van der Waals surface area contributed by atoms with Crippen LogP contribution in [0.4, 0.5) is 0 Å². The first-order valence-corrected chi connectivity index (χ1v) is 8.20. The van der Waals surface area contributed by atoms with E-state index in [0.717, 1.165) is 12.0 Å². The number of esters is 1. The average molecular weight is 311 g/mol. The molecule has 1 aromatic heterocycles. The molecule has 0 fully saturated rings. The van der Waals surface area contributed by atoms with Crippen LogP contribution < -0.4 is 5.32 Å². The van der Waals surface area contributed by atoms with E-state index in [9.17, 15) is 9.59 Å². The van der Waals surface area contributed by atoms with Gasteiger partial charge in [-0.15, -0.1) is 0 Å². The number of amides is 1. The lowest BCUT2D eigenvalue weighted by Gasteiger charge is -2.27. The van der Waals surface area contributed by atoms with Gasteiger partial charge in [0.1, 0.15) is 11.6 Å². The lowest BCUT2D eigenvalue weighted by Crippen LogP contribution is -2.48. The number of hydrogen-bond acceptors (Lipinski definition) is 4. The van der Waals surface area contributed by atoms with Gasteiger partial charge in [0, 0.05) is 0 Å². The van der Waals surface area contributed by atoms with Crippen LogP contribution in [0.25, 0.3) is 0 Å². The van der Waals surface area contributed by atoms with Crippen LogP contribution in [0.5, 0.6) is 0 Å². The number of nitrogens with one attached hydrogen (secondary N) is 1. The van der Waals surface area contributed by atoms with Crippen molar-refractivity contribution in [2.45, 2.75) is 59.1 Å². The molecule has 4 nitrogen and oxygen atoms in total. The van der Waals surface area contributed by atoms with Gasteiger partial charge < -0.3 is 10.1 Å². The summed E-state index contributed by atoms with van der Waals surface area (Å²) in [5, 5.41) is 6.69. The van der Waals surface area contributed by atoms with E-state index in [0.29, 0.717) is 6.42 Å². The normalized spacial score (nSPS) is 14.3. The van der Waals surface area contributed by atoms with Gasteiger partial charge in [-0.05, 0) is 49.1 Å². The molecule has 1 heterocycles. The Morgan fingerprint density at radius 3 is 2.52 bits per heavy atom. The SMILES string of the molecule is CC[C@H](C)[C@H](NC(=O)Cc1ccsc1)C(=O)OC(C)(C)C. The molecular weight excluding hydrogens is 286 g/mol. The molecule has 0 aliphatic carbocycles. The zero-order chi connectivity index (χ0) is 16.0. The summed E-state index contributed by atoms with van der Waals surface area (Å²) in [6.07, 6.45) is 1.09. The van der Waals surface area contributed by atoms with Crippen molar-refractivity contribution in [3.05, 3.63) is 22.4 Å². The minimum Gasteiger partial charge on any atom is -0.458 e. The predicted molar refractivity (Wildman–Crippen MR) is 85.3 cm³/mol. The highest BCUT2D eigenvalue weighted by atomic mass is 32.1. The molecule has 5 heteroatoms. The van der Waals surface area contributed by atoms with Crippen molar-refractivity contribution in [2.75, 3.05) is 0 Å². The number of thiophene rings is 1. The van der Waals surface area contributed by atoms with Gasteiger partial charge in [0.2, 0.25) is 5.91 Å². The van der Waals surface area contributed by atoms with Gasteiger partial charge in [0.05, 0.1) is 6.42 Å². The molecule has 1 aromatic rings. The summed E-state index contributed by atoms with van der Waals surface area (Å²) < 4.78 is 5.41. The van der Waals surface area contributed by atoms with Gasteiger partial charge >= 0.3 is 5.97 Å². The molecule has 1 N–H and O–H groups in total. The molecule has 118 valence electrons. The van der Waals surface area contributed by atoms with Gasteiger partial charge in [-0.3, -0.25) is 4.79 Å². The third-order valence-electron chi connectivity index (χ3n) is 3.13. The molecule has 1 amide bonds. The summed E-state index contributed by atoms with van der Waals surface area (Å²) in [5.41, 5.74) is 0.408. The standard InChI is InChI=1S/C16H25NO3S/c1-6-11(2)14(15(19)20-16(3,4)5)17-13(18)9-12-7-8-21-10-12/h7-8,10-11,14H,6,9H2,1-5H3,(H,17,18)/t11-,14-/m0/s1. The third kappa shape index (κ3) is 6.29. The van der Waals surface area contributed by atoms with Crippen LogP contribution in [-0.2, 0) is 20.7 Å². The Morgan fingerprint density at radius 2 is 2.05 bits per heavy atom. The molecule has 0 bridgehead atoms. The van der Waals surface area contributed by atoms with Crippen molar-refractivity contribution in [3.8, 4) is 0 Å². The molecule has 0 spiro atoms. The van der Waals surface area contributed by atoms with Crippen LogP contribution in [0.15, 0.2) is 16.8 Å². The highest BCUT2D eigenvalue weighted by Crippen LogP contribution is 2.15. The number of rotatable bonds is 6. The van der Waals surface area contributed by atoms with E-state index < -0.39 is 11.6 Å². The summed E-state index contributed by atoms with van der Waals surface area (Å²) in [6.45, 7) is 9.41. The molecule has 2 atom stereocenters. The highest BCUT2D eigenvalue weighted by molar-refractivity contribution is 7.07. The van der Waals surface area contributed by atoms with Crippen LogP contribution in [0.3, 0.4) is 0 Å². The molecule has 1 rings (SSSR count). The molecule has 0 radical (unpaired) electrons. The lowest BCUT2D eigenvalue weighted by atomic mass is 9.98. The van der Waals surface area contributed by atoms with Crippen molar-refractivity contribution in [3.63, 3.8) is 0 Å². The van der Waals surface area contributed by atoms with E-state index in [4.69, 9.17) is 4.74 Å². The third-order valence-corrected chi connectivity index (χ3v) is 3.87.